The number of carboxylic acids is 1. The second-order valence-electron chi connectivity index (χ2n) is 3.89. The minimum absolute atomic E-state index is 0.203. The highest BCUT2D eigenvalue weighted by Crippen LogP contribution is 2.30. The summed E-state index contributed by atoms with van der Waals surface area (Å²) in [4.78, 5) is 22.4. The number of hydrogen-bond acceptors (Lipinski definition) is 5. The monoisotopic (exact) mass is 251 g/mol. The van der Waals surface area contributed by atoms with Crippen LogP contribution in [0.4, 0.5) is 0 Å². The van der Waals surface area contributed by atoms with Crippen LogP contribution in [0.3, 0.4) is 0 Å². The van der Waals surface area contributed by atoms with Gasteiger partial charge in [-0.3, -0.25) is 9.59 Å². The van der Waals surface area contributed by atoms with Crippen molar-refractivity contribution in [3.05, 3.63) is 23.8 Å². The topological polar surface area (TPSA) is 98.9 Å². The molecule has 0 radical (unpaired) electrons. The maximum Gasteiger partial charge on any atom is 0.328 e. The third-order valence-corrected chi connectivity index (χ3v) is 2.58. The molecule has 1 aliphatic rings. The molecule has 0 saturated carbocycles. The van der Waals surface area contributed by atoms with Gasteiger partial charge in [-0.1, -0.05) is 0 Å². The molecule has 1 heterocycles. The summed E-state index contributed by atoms with van der Waals surface area (Å²) < 4.78 is 10.8. The van der Waals surface area contributed by atoms with Gasteiger partial charge in [-0.25, -0.2) is 0 Å². The molecular formula is C12H13NO5. The average Bonchev–Trinajstić information content (AvgIpc) is 2.60. The number of ketones is 1. The molecule has 1 aliphatic heterocycles. The normalized spacial score (nSPS) is 15.6. The Kier molecular flexibility index (Phi) is 3.47. The van der Waals surface area contributed by atoms with Crippen molar-refractivity contribution in [2.45, 2.75) is 12.5 Å². The first-order valence-electron chi connectivity index (χ1n) is 5.52. The van der Waals surface area contributed by atoms with Gasteiger partial charge in [0.1, 0.15) is 0 Å². The Morgan fingerprint density at radius 2 is 1.89 bits per heavy atom. The molecule has 0 amide bonds. The van der Waals surface area contributed by atoms with Crippen molar-refractivity contribution >= 4 is 11.8 Å². The Labute approximate surface area is 103 Å². The number of hydrogen-bond donors (Lipinski definition) is 2. The van der Waals surface area contributed by atoms with Gasteiger partial charge in [0.2, 0.25) is 0 Å². The Morgan fingerprint density at radius 1 is 1.22 bits per heavy atom. The lowest BCUT2D eigenvalue weighted by Crippen LogP contribution is -2.38. The van der Waals surface area contributed by atoms with Gasteiger partial charge in [-0.05, 0) is 18.2 Å². The zero-order chi connectivity index (χ0) is 13.1. The van der Waals surface area contributed by atoms with E-state index in [-0.39, 0.29) is 5.56 Å². The van der Waals surface area contributed by atoms with Crippen molar-refractivity contribution in [2.24, 2.45) is 5.73 Å². The second kappa shape index (κ2) is 5.05. The van der Waals surface area contributed by atoms with E-state index in [4.69, 9.17) is 20.3 Å². The zero-order valence-corrected chi connectivity index (χ0v) is 9.59. The van der Waals surface area contributed by atoms with Crippen molar-refractivity contribution in [3.8, 4) is 11.5 Å². The van der Waals surface area contributed by atoms with Crippen LogP contribution < -0.4 is 15.2 Å². The van der Waals surface area contributed by atoms with Gasteiger partial charge in [0.15, 0.2) is 23.3 Å². The van der Waals surface area contributed by atoms with Gasteiger partial charge in [0.05, 0.1) is 13.2 Å². The standard InChI is InChI=1S/C12H13NO5/c13-10(12(15)16)11(14)7-2-3-8-9(6-7)18-5-1-4-17-8/h2-3,6,10H,1,4-5,13H2,(H,15,16). The Hall–Kier alpha value is -2.08. The first-order chi connectivity index (χ1) is 8.59. The van der Waals surface area contributed by atoms with E-state index in [0.717, 1.165) is 6.42 Å². The predicted octanol–water partition coefficient (Wildman–Crippen LogP) is 0.442. The minimum atomic E-state index is -1.56. The highest BCUT2D eigenvalue weighted by atomic mass is 16.5. The van der Waals surface area contributed by atoms with Crippen molar-refractivity contribution in [2.75, 3.05) is 13.2 Å². The van der Waals surface area contributed by atoms with Crippen LogP contribution in [0.25, 0.3) is 0 Å². The quantitative estimate of drug-likeness (QED) is 0.597. The number of benzene rings is 1. The number of ether oxygens (including phenoxy) is 2. The third kappa shape index (κ3) is 2.43. The van der Waals surface area contributed by atoms with Gasteiger partial charge in [-0.15, -0.1) is 0 Å². The molecule has 1 atom stereocenters. The molecule has 0 spiro atoms. The summed E-state index contributed by atoms with van der Waals surface area (Å²) in [5.74, 6) is -1.02. The maximum absolute atomic E-state index is 11.8. The summed E-state index contributed by atoms with van der Waals surface area (Å²) in [5, 5.41) is 8.70. The lowest BCUT2D eigenvalue weighted by Gasteiger charge is -2.10. The molecule has 3 N–H and O–H groups in total. The fourth-order valence-corrected chi connectivity index (χ4v) is 1.61. The van der Waals surface area contributed by atoms with Gasteiger partial charge in [0, 0.05) is 12.0 Å². The lowest BCUT2D eigenvalue weighted by molar-refractivity contribution is -0.137. The molecule has 1 aromatic carbocycles. The molecule has 96 valence electrons. The molecule has 18 heavy (non-hydrogen) atoms. The summed E-state index contributed by atoms with van der Waals surface area (Å²) in [6.07, 6.45) is 0.757. The first kappa shape index (κ1) is 12.4. The zero-order valence-electron chi connectivity index (χ0n) is 9.59. The second-order valence-corrected chi connectivity index (χ2v) is 3.89. The van der Waals surface area contributed by atoms with Crippen LogP contribution in [-0.4, -0.2) is 36.1 Å². The number of Topliss-reactive ketones (excluding diaryl/α,β-unsaturated/α-hetero) is 1. The summed E-state index contributed by atoms with van der Waals surface area (Å²) in [5.41, 5.74) is 5.48. The van der Waals surface area contributed by atoms with Gasteiger partial charge in [0.25, 0.3) is 0 Å². The fourth-order valence-electron chi connectivity index (χ4n) is 1.61. The van der Waals surface area contributed by atoms with E-state index in [2.05, 4.69) is 0 Å². The number of carboxylic acid groups (broad SMARTS) is 1. The molecule has 0 fully saturated rings. The van der Waals surface area contributed by atoms with Crippen LogP contribution in [0.5, 0.6) is 11.5 Å². The molecule has 0 aromatic heterocycles. The van der Waals surface area contributed by atoms with E-state index in [1.54, 1.807) is 6.07 Å². The highest BCUT2D eigenvalue weighted by molar-refractivity contribution is 6.11. The van der Waals surface area contributed by atoms with Crippen LogP contribution in [0.1, 0.15) is 16.8 Å². The van der Waals surface area contributed by atoms with Crippen molar-refractivity contribution in [1.29, 1.82) is 0 Å². The molecule has 0 saturated heterocycles. The number of carbonyl (C=O) groups excluding carboxylic acids is 1. The number of aliphatic carboxylic acids is 1. The molecular weight excluding hydrogens is 238 g/mol. The number of rotatable bonds is 3. The highest BCUT2D eigenvalue weighted by Gasteiger charge is 2.24. The van der Waals surface area contributed by atoms with Gasteiger partial charge >= 0.3 is 5.97 Å². The molecule has 0 bridgehead atoms. The van der Waals surface area contributed by atoms with Crippen LogP contribution in [-0.2, 0) is 4.79 Å². The predicted molar refractivity (Wildman–Crippen MR) is 62.0 cm³/mol. The van der Waals surface area contributed by atoms with E-state index in [1.807, 2.05) is 0 Å². The van der Waals surface area contributed by atoms with Crippen LogP contribution in [0.2, 0.25) is 0 Å². The van der Waals surface area contributed by atoms with Crippen LogP contribution in [0, 0.1) is 0 Å². The maximum atomic E-state index is 11.8. The third-order valence-electron chi connectivity index (χ3n) is 2.58. The smallest absolute Gasteiger partial charge is 0.328 e. The summed E-state index contributed by atoms with van der Waals surface area (Å²) in [6.45, 7) is 1.05. The molecule has 6 nitrogen and oxygen atoms in total. The minimum Gasteiger partial charge on any atom is -0.490 e. The lowest BCUT2D eigenvalue weighted by atomic mass is 10.0. The largest absolute Gasteiger partial charge is 0.490 e. The molecule has 2 rings (SSSR count). The molecule has 0 aliphatic carbocycles. The van der Waals surface area contributed by atoms with E-state index in [0.29, 0.717) is 24.7 Å². The summed E-state index contributed by atoms with van der Waals surface area (Å²) >= 11 is 0. The number of nitrogens with two attached hydrogens (primary N) is 1. The van der Waals surface area contributed by atoms with Crippen molar-refractivity contribution < 1.29 is 24.2 Å². The van der Waals surface area contributed by atoms with Gasteiger partial charge < -0.3 is 20.3 Å². The van der Waals surface area contributed by atoms with Crippen LogP contribution in [0.15, 0.2) is 18.2 Å². The van der Waals surface area contributed by atoms with Crippen molar-refractivity contribution in [3.63, 3.8) is 0 Å². The Morgan fingerprint density at radius 3 is 2.56 bits per heavy atom. The average molecular weight is 251 g/mol. The Balaban J connectivity index is 2.28. The molecule has 1 aromatic rings. The summed E-state index contributed by atoms with van der Waals surface area (Å²) in [6, 6.07) is 2.97. The van der Waals surface area contributed by atoms with Crippen LogP contribution >= 0.6 is 0 Å². The Bertz CT molecular complexity index is 485. The fraction of sp³-hybridized carbons (Fsp3) is 0.333. The van der Waals surface area contributed by atoms with Gasteiger partial charge in [-0.2, -0.15) is 0 Å². The number of carbonyl (C=O) groups is 2. The van der Waals surface area contributed by atoms with E-state index in [9.17, 15) is 9.59 Å². The SMILES string of the molecule is NC(C(=O)O)C(=O)c1ccc2c(c1)OCCCO2. The van der Waals surface area contributed by atoms with E-state index < -0.39 is 17.8 Å². The van der Waals surface area contributed by atoms with E-state index >= 15 is 0 Å². The first-order valence-corrected chi connectivity index (χ1v) is 5.52. The number of fused-ring (bicyclic) bond motifs is 1. The molecule has 6 heteroatoms. The molecule has 1 unspecified atom stereocenters. The summed E-state index contributed by atoms with van der Waals surface area (Å²) in [7, 11) is 0. The van der Waals surface area contributed by atoms with E-state index in [1.165, 1.54) is 12.1 Å². The van der Waals surface area contributed by atoms with Crippen molar-refractivity contribution in [1.82, 2.24) is 0 Å².